The number of aliphatic imine (C=N–C) groups is 2. The molecule has 0 aliphatic carbocycles. The zero-order valence-corrected chi connectivity index (χ0v) is 37.1. The second kappa shape index (κ2) is 15.6. The number of hydrogen-bond acceptors (Lipinski definition) is 8. The van der Waals surface area contributed by atoms with E-state index in [9.17, 15) is 35.0 Å². The third kappa shape index (κ3) is 8.52. The van der Waals surface area contributed by atoms with Crippen LogP contribution in [-0.4, -0.2) is 58.3 Å². The second-order valence-corrected chi connectivity index (χ2v) is 19.0. The van der Waals surface area contributed by atoms with Crippen molar-refractivity contribution in [2.75, 3.05) is 28.4 Å². The molecule has 0 saturated carbocycles. The quantitative estimate of drug-likeness (QED) is 0.116. The SMILES string of the molecule is COc1ccc(C2=C3C=CC(=N3)C(c3ccc(OC)cc3)=c3ccc4n3[P+](O)(O)n3c2ccc3C(c2ccc(OC)cc2)=C2C=CC(=N2)C=4c2ccc(OC)cc2)cc1.F[P-](F)(F)(F)(F)F. The van der Waals surface area contributed by atoms with Crippen LogP contribution in [0.25, 0.3) is 22.3 Å². The number of methoxy groups -OCH3 is 4. The molecule has 10 rings (SSSR count). The van der Waals surface area contributed by atoms with E-state index in [1.165, 1.54) is 0 Å². The second-order valence-electron chi connectivity index (χ2n) is 15.2. The summed E-state index contributed by atoms with van der Waals surface area (Å²) in [6.45, 7) is 0. The fourth-order valence-corrected chi connectivity index (χ4v) is 10.3. The molecule has 0 unspecified atom stereocenters. The Bertz CT molecular complexity index is 3070. The van der Waals surface area contributed by atoms with Crippen LogP contribution in [-0.2, 0) is 0 Å². The van der Waals surface area contributed by atoms with E-state index in [4.69, 9.17) is 28.9 Å². The molecule has 0 saturated heterocycles. The summed E-state index contributed by atoms with van der Waals surface area (Å²) in [5.41, 5.74) is 9.92. The first-order valence-corrected chi connectivity index (χ1v) is 23.6. The molecule has 4 aromatic carbocycles. The van der Waals surface area contributed by atoms with Crippen molar-refractivity contribution in [2.24, 2.45) is 9.98 Å². The van der Waals surface area contributed by atoms with Crippen molar-refractivity contribution in [2.45, 2.75) is 0 Å². The van der Waals surface area contributed by atoms with Crippen LogP contribution in [0.5, 0.6) is 23.0 Å². The van der Waals surface area contributed by atoms with E-state index in [-0.39, 0.29) is 0 Å². The van der Waals surface area contributed by atoms with Gasteiger partial charge in [-0.05, 0) is 119 Å². The van der Waals surface area contributed by atoms with Crippen LogP contribution in [0, 0.1) is 0 Å². The third-order valence-electron chi connectivity index (χ3n) is 11.1. The van der Waals surface area contributed by atoms with Gasteiger partial charge in [-0.15, -0.1) is 8.68 Å². The van der Waals surface area contributed by atoms with Crippen LogP contribution in [0.15, 0.2) is 167 Å². The van der Waals surface area contributed by atoms with E-state index in [0.717, 1.165) is 22.3 Å². The Morgan fingerprint density at radius 3 is 0.985 bits per heavy atom. The number of benzene rings is 4. The monoisotopic (exact) mass is 942 g/mol. The van der Waals surface area contributed by atoms with Gasteiger partial charge >= 0.3 is 41.0 Å². The Morgan fingerprint density at radius 1 is 0.409 bits per heavy atom. The van der Waals surface area contributed by atoms with Gasteiger partial charge in [-0.2, -0.15) is 9.79 Å². The van der Waals surface area contributed by atoms with Gasteiger partial charge in [0.15, 0.2) is 0 Å². The normalized spacial score (nSPS) is 16.7. The summed E-state index contributed by atoms with van der Waals surface area (Å²) in [6, 6.07) is 38.7. The van der Waals surface area contributed by atoms with Gasteiger partial charge < -0.3 is 18.9 Å². The van der Waals surface area contributed by atoms with E-state index in [1.54, 1.807) is 37.1 Å². The molecular weight excluding hydrogens is 904 g/mol. The van der Waals surface area contributed by atoms with Crippen molar-refractivity contribution in [3.05, 3.63) is 201 Å². The van der Waals surface area contributed by atoms with Crippen molar-refractivity contribution < 1.29 is 53.9 Å². The zero-order valence-electron chi connectivity index (χ0n) is 35.3. The molecule has 6 heterocycles. The standard InChI is InChI=1S/C48H38N4O6P.F6P/c1-55-33-13-5-29(6-14-33)45-37-21-22-38(49-37)46(30-7-15-34(56-2)16-8-30)43-27-28-44-48(32-11-19-36(58-4)20-12-32)40-24-23-39(50-40)47(31-9-17-35(57-3)18-10-31)42-26-25-41(45)51(42)59(53,54)52(43)44;1-7(2,3,4,5)6/h5-28,53-54H,1-4H3;/q+1;-1. The number of fused-ring (bicyclic) bond motifs is 2. The molecule has 4 aliphatic heterocycles. The molecule has 66 heavy (non-hydrogen) atoms. The summed E-state index contributed by atoms with van der Waals surface area (Å²) in [5, 5.41) is 1.13. The van der Waals surface area contributed by atoms with Gasteiger partial charge in [0.1, 0.15) is 23.0 Å². The number of hydrogen-bond donors (Lipinski definition) is 2. The van der Waals surface area contributed by atoms with E-state index in [1.807, 2.05) is 146 Å². The average Bonchev–Trinajstić information content (AvgIpc) is 4.13. The van der Waals surface area contributed by atoms with Gasteiger partial charge in [0.05, 0.1) is 73.3 Å². The molecule has 4 aliphatic rings. The molecule has 0 amide bonds. The van der Waals surface area contributed by atoms with Gasteiger partial charge in [-0.1, -0.05) is 48.5 Å². The van der Waals surface area contributed by atoms with Crippen LogP contribution >= 0.6 is 15.8 Å². The predicted molar refractivity (Wildman–Crippen MR) is 246 cm³/mol. The maximum atomic E-state index is 13.6. The topological polar surface area (TPSA) is 112 Å². The zero-order chi connectivity index (χ0) is 46.8. The van der Waals surface area contributed by atoms with E-state index in [2.05, 4.69) is 0 Å². The van der Waals surface area contributed by atoms with Gasteiger partial charge in [0, 0.05) is 22.3 Å². The molecule has 2 N–H and O–H groups in total. The molecule has 6 aromatic rings. The molecule has 338 valence electrons. The summed E-state index contributed by atoms with van der Waals surface area (Å²) >= 11 is 0. The van der Waals surface area contributed by atoms with Crippen LogP contribution in [0.2, 0.25) is 0 Å². The number of allylic oxidation sites excluding steroid dienone is 4. The molecule has 10 nitrogen and oxygen atoms in total. The Hall–Kier alpha value is -6.96. The number of aromatic nitrogens is 2. The van der Waals surface area contributed by atoms with Crippen molar-refractivity contribution in [1.82, 2.24) is 8.68 Å². The first-order valence-electron chi connectivity index (χ1n) is 20.0. The Balaban J connectivity index is 0.000000726. The fraction of sp³-hybridized carbons (Fsp3) is 0.0833. The number of rotatable bonds is 8. The van der Waals surface area contributed by atoms with Crippen LogP contribution in [0.4, 0.5) is 25.2 Å². The first kappa shape index (κ1) is 44.3. The van der Waals surface area contributed by atoms with E-state index in [0.29, 0.717) is 90.2 Å². The molecule has 6 bridgehead atoms. The van der Waals surface area contributed by atoms with Gasteiger partial charge in [0.25, 0.3) is 0 Å². The summed E-state index contributed by atoms with van der Waals surface area (Å²) in [4.78, 5) is 38.0. The summed E-state index contributed by atoms with van der Waals surface area (Å²) in [5.74, 6) is 2.78. The first-order chi connectivity index (χ1) is 31.3. The van der Waals surface area contributed by atoms with Gasteiger partial charge in [0.2, 0.25) is 0 Å². The van der Waals surface area contributed by atoms with E-state index >= 15 is 0 Å². The summed E-state index contributed by atoms with van der Waals surface area (Å²) in [6.07, 6.45) is 7.98. The molecule has 0 radical (unpaired) electrons. The Labute approximate surface area is 373 Å². The molecule has 18 heteroatoms. The average molecular weight is 943 g/mol. The molecule has 0 spiro atoms. The third-order valence-corrected chi connectivity index (χ3v) is 13.0. The Kier molecular flexibility index (Phi) is 10.5. The minimum absolute atomic E-state index is 0.566. The van der Waals surface area contributed by atoms with Crippen molar-refractivity contribution in [3.8, 4) is 23.0 Å². The Morgan fingerprint density at radius 2 is 0.697 bits per heavy atom. The van der Waals surface area contributed by atoms with E-state index < -0.39 is 15.8 Å². The minimum atomic E-state index is -10.7. The molecular formula is C48H38F6N4O6P2. The fourth-order valence-electron chi connectivity index (χ4n) is 8.30. The molecule has 2 aromatic heterocycles. The number of halogens is 6. The van der Waals surface area contributed by atoms with Crippen LogP contribution in [0.3, 0.4) is 0 Å². The molecule has 0 atom stereocenters. The predicted octanol–water partition coefficient (Wildman–Crippen LogP) is 10.7. The van der Waals surface area contributed by atoms with Gasteiger partial charge in [-0.3, -0.25) is 0 Å². The summed E-state index contributed by atoms with van der Waals surface area (Å²) < 4.78 is 84.8. The number of ether oxygens (including phenoxy) is 4. The molecule has 0 fully saturated rings. The van der Waals surface area contributed by atoms with Crippen molar-refractivity contribution in [1.29, 1.82) is 0 Å². The maximum absolute atomic E-state index is 13.6. The summed E-state index contributed by atoms with van der Waals surface area (Å²) in [7, 11) is -8.64. The van der Waals surface area contributed by atoms with Crippen molar-refractivity contribution in [3.63, 3.8) is 0 Å². The van der Waals surface area contributed by atoms with Gasteiger partial charge in [-0.25, -0.2) is 9.98 Å². The number of nitrogens with zero attached hydrogens (tertiary/aromatic N) is 4. The van der Waals surface area contributed by atoms with Crippen LogP contribution < -0.4 is 29.6 Å². The van der Waals surface area contributed by atoms with Crippen molar-refractivity contribution >= 4 is 49.5 Å². The van der Waals surface area contributed by atoms with Crippen LogP contribution in [0.1, 0.15) is 33.6 Å².